The highest BCUT2D eigenvalue weighted by atomic mass is 16.5. The standard InChI is InChI=1S/C22H29N3O3/c1-15-19-17(25-24-16-9-6-5-7-10-16)13-22(2,3)14-18(19)28-20(15)21(26)23-11-8-12-27-4/h5-7,9-10,24H,8,11-14H2,1-4H3,(H,23,26)/b25-17-. The van der Waals surface area contributed by atoms with Crippen molar-refractivity contribution in [3.63, 3.8) is 0 Å². The van der Waals surface area contributed by atoms with Crippen LogP contribution in [0.4, 0.5) is 5.69 Å². The quantitative estimate of drug-likeness (QED) is 0.556. The van der Waals surface area contributed by atoms with E-state index in [4.69, 9.17) is 9.15 Å². The number of rotatable bonds is 7. The van der Waals surface area contributed by atoms with Gasteiger partial charge < -0.3 is 14.5 Å². The van der Waals surface area contributed by atoms with Crippen LogP contribution in [0.15, 0.2) is 39.9 Å². The van der Waals surface area contributed by atoms with Crippen LogP contribution >= 0.6 is 0 Å². The van der Waals surface area contributed by atoms with Crippen LogP contribution in [-0.2, 0) is 11.2 Å². The Morgan fingerprint density at radius 3 is 2.71 bits per heavy atom. The predicted molar refractivity (Wildman–Crippen MR) is 111 cm³/mol. The summed E-state index contributed by atoms with van der Waals surface area (Å²) < 4.78 is 11.0. The molecule has 150 valence electrons. The molecule has 1 aromatic carbocycles. The first-order chi connectivity index (χ1) is 13.4. The zero-order valence-corrected chi connectivity index (χ0v) is 17.1. The molecule has 0 radical (unpaired) electrons. The summed E-state index contributed by atoms with van der Waals surface area (Å²) in [6, 6.07) is 9.85. The lowest BCUT2D eigenvalue weighted by Gasteiger charge is -2.29. The maximum Gasteiger partial charge on any atom is 0.287 e. The number of anilines is 1. The van der Waals surface area contributed by atoms with Crippen molar-refractivity contribution in [1.82, 2.24) is 5.32 Å². The van der Waals surface area contributed by atoms with Crippen LogP contribution in [0, 0.1) is 12.3 Å². The highest BCUT2D eigenvalue weighted by molar-refractivity contribution is 6.07. The number of carbonyl (C=O) groups excluding carboxylic acids is 1. The highest BCUT2D eigenvalue weighted by Gasteiger charge is 2.36. The van der Waals surface area contributed by atoms with Crippen molar-refractivity contribution in [3.05, 3.63) is 53.0 Å². The summed E-state index contributed by atoms with van der Waals surface area (Å²) in [7, 11) is 1.65. The van der Waals surface area contributed by atoms with Crippen LogP contribution in [0.25, 0.3) is 0 Å². The molecule has 0 atom stereocenters. The second-order valence-electron chi connectivity index (χ2n) is 8.01. The van der Waals surface area contributed by atoms with E-state index >= 15 is 0 Å². The lowest BCUT2D eigenvalue weighted by Crippen LogP contribution is -2.27. The Bertz CT molecular complexity index is 853. The number of para-hydroxylation sites is 1. The number of furan rings is 1. The summed E-state index contributed by atoms with van der Waals surface area (Å²) in [5, 5.41) is 7.58. The number of amides is 1. The SMILES string of the molecule is COCCCNC(=O)c1oc2c(c1C)/C(=N\Nc1ccccc1)CC(C)(C)C2. The van der Waals surface area contributed by atoms with E-state index in [-0.39, 0.29) is 11.3 Å². The molecule has 0 spiro atoms. The van der Waals surface area contributed by atoms with Gasteiger partial charge in [0.15, 0.2) is 5.76 Å². The summed E-state index contributed by atoms with van der Waals surface area (Å²) >= 11 is 0. The van der Waals surface area contributed by atoms with Crippen molar-refractivity contribution in [1.29, 1.82) is 0 Å². The summed E-state index contributed by atoms with van der Waals surface area (Å²) in [6.07, 6.45) is 2.36. The maximum atomic E-state index is 12.6. The molecule has 28 heavy (non-hydrogen) atoms. The third kappa shape index (κ3) is 4.62. The topological polar surface area (TPSA) is 75.9 Å². The molecule has 1 aliphatic rings. The molecule has 1 aliphatic carbocycles. The van der Waals surface area contributed by atoms with Crippen LogP contribution in [0.5, 0.6) is 0 Å². The van der Waals surface area contributed by atoms with Gasteiger partial charge in [0.25, 0.3) is 5.91 Å². The van der Waals surface area contributed by atoms with Crippen molar-refractivity contribution < 1.29 is 13.9 Å². The normalized spacial score (nSPS) is 16.6. The number of nitrogens with one attached hydrogen (secondary N) is 2. The summed E-state index contributed by atoms with van der Waals surface area (Å²) in [4.78, 5) is 12.6. The first-order valence-electron chi connectivity index (χ1n) is 9.68. The summed E-state index contributed by atoms with van der Waals surface area (Å²) in [5.74, 6) is 1.04. The molecule has 2 aromatic rings. The lowest BCUT2D eigenvalue weighted by molar-refractivity contribution is 0.0917. The van der Waals surface area contributed by atoms with E-state index in [2.05, 4.69) is 29.7 Å². The fraction of sp³-hybridized carbons (Fsp3) is 0.455. The van der Waals surface area contributed by atoms with Gasteiger partial charge in [-0.15, -0.1) is 0 Å². The van der Waals surface area contributed by atoms with Crippen molar-refractivity contribution >= 4 is 17.3 Å². The minimum absolute atomic E-state index is 0.0146. The Labute approximate surface area is 166 Å². The van der Waals surface area contributed by atoms with Gasteiger partial charge in [0.05, 0.1) is 11.4 Å². The van der Waals surface area contributed by atoms with Crippen molar-refractivity contribution in [2.24, 2.45) is 10.5 Å². The van der Waals surface area contributed by atoms with E-state index in [1.807, 2.05) is 37.3 Å². The van der Waals surface area contributed by atoms with E-state index in [1.165, 1.54) is 0 Å². The predicted octanol–water partition coefficient (Wildman–Crippen LogP) is 4.14. The van der Waals surface area contributed by atoms with Crippen LogP contribution in [0.2, 0.25) is 0 Å². The Morgan fingerprint density at radius 2 is 2.00 bits per heavy atom. The monoisotopic (exact) mass is 383 g/mol. The molecule has 0 saturated heterocycles. The fourth-order valence-electron chi connectivity index (χ4n) is 3.57. The van der Waals surface area contributed by atoms with Gasteiger partial charge in [-0.05, 0) is 37.3 Å². The second kappa shape index (κ2) is 8.61. The average molecular weight is 383 g/mol. The number of nitrogens with zero attached hydrogens (tertiary/aromatic N) is 1. The van der Waals surface area contributed by atoms with Gasteiger partial charge in [-0.2, -0.15) is 5.10 Å². The molecule has 1 aromatic heterocycles. The van der Waals surface area contributed by atoms with Gasteiger partial charge in [0.2, 0.25) is 0 Å². The third-order valence-electron chi connectivity index (χ3n) is 4.90. The molecule has 0 saturated carbocycles. The zero-order valence-electron chi connectivity index (χ0n) is 17.1. The number of hydrogen-bond donors (Lipinski definition) is 2. The van der Waals surface area contributed by atoms with Gasteiger partial charge in [-0.3, -0.25) is 10.2 Å². The number of benzene rings is 1. The molecular weight excluding hydrogens is 354 g/mol. The zero-order chi connectivity index (χ0) is 20.1. The lowest BCUT2D eigenvalue weighted by atomic mass is 9.75. The van der Waals surface area contributed by atoms with Crippen molar-refractivity contribution in [3.8, 4) is 0 Å². The Kier molecular flexibility index (Phi) is 6.19. The fourth-order valence-corrected chi connectivity index (χ4v) is 3.57. The maximum absolute atomic E-state index is 12.6. The molecule has 3 rings (SSSR count). The molecule has 0 bridgehead atoms. The van der Waals surface area contributed by atoms with E-state index in [0.29, 0.717) is 18.9 Å². The van der Waals surface area contributed by atoms with Gasteiger partial charge in [0.1, 0.15) is 5.76 Å². The molecule has 2 N–H and O–H groups in total. The largest absolute Gasteiger partial charge is 0.455 e. The first-order valence-corrected chi connectivity index (χ1v) is 9.68. The highest BCUT2D eigenvalue weighted by Crippen LogP contribution is 2.39. The molecule has 1 heterocycles. The first kappa shape index (κ1) is 20.1. The third-order valence-corrected chi connectivity index (χ3v) is 4.90. The van der Waals surface area contributed by atoms with Gasteiger partial charge >= 0.3 is 0 Å². The number of methoxy groups -OCH3 is 1. The molecular formula is C22H29N3O3. The minimum atomic E-state index is -0.184. The summed E-state index contributed by atoms with van der Waals surface area (Å²) in [6.45, 7) is 7.49. The Balaban J connectivity index is 1.86. The number of ether oxygens (including phenoxy) is 1. The number of hydrazone groups is 1. The van der Waals surface area contributed by atoms with Crippen LogP contribution < -0.4 is 10.7 Å². The van der Waals surface area contributed by atoms with E-state index in [9.17, 15) is 4.79 Å². The van der Waals surface area contributed by atoms with Gasteiger partial charge in [0, 0.05) is 37.8 Å². The Hall–Kier alpha value is -2.60. The number of hydrogen-bond acceptors (Lipinski definition) is 5. The second-order valence-corrected chi connectivity index (χ2v) is 8.01. The number of fused-ring (bicyclic) bond motifs is 1. The van der Waals surface area contributed by atoms with Gasteiger partial charge in [-0.1, -0.05) is 32.0 Å². The van der Waals surface area contributed by atoms with Crippen molar-refractivity contribution in [2.45, 2.75) is 40.0 Å². The van der Waals surface area contributed by atoms with Crippen LogP contribution in [-0.4, -0.2) is 31.9 Å². The van der Waals surface area contributed by atoms with Gasteiger partial charge in [-0.25, -0.2) is 0 Å². The van der Waals surface area contributed by atoms with E-state index < -0.39 is 0 Å². The molecule has 6 heteroatoms. The van der Waals surface area contributed by atoms with E-state index in [1.54, 1.807) is 7.11 Å². The molecule has 6 nitrogen and oxygen atoms in total. The number of carbonyl (C=O) groups is 1. The average Bonchev–Trinajstić information content (AvgIpc) is 2.99. The molecule has 1 amide bonds. The summed E-state index contributed by atoms with van der Waals surface area (Å²) in [5.41, 5.74) is 6.82. The molecule has 0 fully saturated rings. The minimum Gasteiger partial charge on any atom is -0.455 e. The molecule has 0 unspecified atom stereocenters. The molecule has 0 aliphatic heterocycles. The smallest absolute Gasteiger partial charge is 0.287 e. The van der Waals surface area contributed by atoms with E-state index in [0.717, 1.165) is 47.5 Å². The van der Waals surface area contributed by atoms with Crippen molar-refractivity contribution in [2.75, 3.05) is 25.7 Å². The van der Waals surface area contributed by atoms with Crippen LogP contribution in [0.3, 0.4) is 0 Å². The Morgan fingerprint density at radius 1 is 1.25 bits per heavy atom. The van der Waals surface area contributed by atoms with Crippen LogP contribution in [0.1, 0.15) is 54.1 Å².